The van der Waals surface area contributed by atoms with Crippen LogP contribution in [-0.2, 0) is 16.0 Å². The lowest BCUT2D eigenvalue weighted by Crippen LogP contribution is -2.40. The molecule has 0 spiro atoms. The molecule has 4 heteroatoms. The molecule has 1 saturated heterocycles. The van der Waals surface area contributed by atoms with E-state index in [0.717, 1.165) is 11.1 Å². The number of rotatable bonds is 7. The third kappa shape index (κ3) is 4.20. The van der Waals surface area contributed by atoms with E-state index < -0.39 is 6.09 Å². The van der Waals surface area contributed by atoms with Crippen molar-refractivity contribution in [2.75, 3.05) is 6.61 Å². The van der Waals surface area contributed by atoms with Crippen LogP contribution in [0.5, 0.6) is 0 Å². The van der Waals surface area contributed by atoms with Gasteiger partial charge in [0.15, 0.2) is 0 Å². The summed E-state index contributed by atoms with van der Waals surface area (Å²) in [6.45, 7) is 4.05. The molecule has 134 valence electrons. The minimum absolute atomic E-state index is 0.00646. The molecule has 0 bridgehead atoms. The molecule has 26 heavy (non-hydrogen) atoms. The summed E-state index contributed by atoms with van der Waals surface area (Å²) < 4.78 is 5.16. The largest absolute Gasteiger partial charge is 0.447 e. The molecule has 0 saturated carbocycles. The minimum Gasteiger partial charge on any atom is -0.447 e. The fraction of sp³-hybridized carbons (Fsp3) is 0.273. The van der Waals surface area contributed by atoms with Gasteiger partial charge in [-0.15, -0.1) is 6.58 Å². The molecule has 1 aliphatic heterocycles. The van der Waals surface area contributed by atoms with E-state index in [1.54, 1.807) is 0 Å². The molecule has 1 aliphatic rings. The number of carbonyl (C=O) groups excluding carboxylic acids is 2. The Bertz CT molecular complexity index is 757. The number of amides is 2. The van der Waals surface area contributed by atoms with Crippen molar-refractivity contribution in [1.82, 2.24) is 4.90 Å². The Balaban J connectivity index is 1.73. The highest BCUT2D eigenvalue weighted by Gasteiger charge is 2.38. The van der Waals surface area contributed by atoms with Crippen LogP contribution in [0.3, 0.4) is 0 Å². The Morgan fingerprint density at radius 2 is 1.81 bits per heavy atom. The van der Waals surface area contributed by atoms with Gasteiger partial charge in [0.25, 0.3) is 0 Å². The van der Waals surface area contributed by atoms with Crippen molar-refractivity contribution in [3.05, 3.63) is 84.4 Å². The Morgan fingerprint density at radius 1 is 1.15 bits per heavy atom. The molecule has 0 radical (unpaired) electrons. The average Bonchev–Trinajstić information content (AvgIpc) is 3.03. The molecular weight excluding hydrogens is 326 g/mol. The molecule has 0 aliphatic carbocycles. The number of imide groups is 1. The summed E-state index contributed by atoms with van der Waals surface area (Å²) in [5, 5.41) is 0. The Morgan fingerprint density at radius 3 is 2.46 bits per heavy atom. The second-order valence-electron chi connectivity index (χ2n) is 6.52. The van der Waals surface area contributed by atoms with Crippen molar-refractivity contribution in [3.8, 4) is 0 Å². The highest BCUT2D eigenvalue weighted by molar-refractivity contribution is 5.94. The lowest BCUT2D eigenvalue weighted by Gasteiger charge is -2.22. The second-order valence-corrected chi connectivity index (χ2v) is 6.52. The number of cyclic esters (lactones) is 1. The van der Waals surface area contributed by atoms with Crippen molar-refractivity contribution in [2.45, 2.75) is 31.2 Å². The van der Waals surface area contributed by atoms with Gasteiger partial charge in [-0.1, -0.05) is 66.7 Å². The third-order valence-corrected chi connectivity index (χ3v) is 4.69. The molecule has 1 fully saturated rings. The smallest absolute Gasteiger partial charge is 0.416 e. The summed E-state index contributed by atoms with van der Waals surface area (Å²) in [4.78, 5) is 26.4. The van der Waals surface area contributed by atoms with Gasteiger partial charge >= 0.3 is 6.09 Å². The molecule has 2 aromatic rings. The van der Waals surface area contributed by atoms with Crippen LogP contribution in [0.15, 0.2) is 73.3 Å². The fourth-order valence-corrected chi connectivity index (χ4v) is 3.38. The second kappa shape index (κ2) is 8.48. The van der Waals surface area contributed by atoms with Gasteiger partial charge in [-0.2, -0.15) is 0 Å². The van der Waals surface area contributed by atoms with Crippen molar-refractivity contribution < 1.29 is 14.3 Å². The highest BCUT2D eigenvalue weighted by Crippen LogP contribution is 2.27. The van der Waals surface area contributed by atoms with Crippen molar-refractivity contribution >= 4 is 12.0 Å². The van der Waals surface area contributed by atoms with E-state index in [1.807, 2.05) is 66.7 Å². The van der Waals surface area contributed by atoms with Crippen molar-refractivity contribution in [2.24, 2.45) is 0 Å². The van der Waals surface area contributed by atoms with Crippen LogP contribution in [0.1, 0.15) is 29.9 Å². The molecule has 0 unspecified atom stereocenters. The lowest BCUT2D eigenvalue weighted by atomic mass is 9.91. The molecular formula is C22H23NO3. The van der Waals surface area contributed by atoms with Gasteiger partial charge in [-0.3, -0.25) is 4.79 Å². The third-order valence-electron chi connectivity index (χ3n) is 4.69. The normalized spacial score (nSPS) is 17.6. The van der Waals surface area contributed by atoms with Crippen molar-refractivity contribution in [3.63, 3.8) is 0 Å². The summed E-state index contributed by atoms with van der Waals surface area (Å²) in [5.74, 6) is -0.184. The van der Waals surface area contributed by atoms with Gasteiger partial charge in [0.1, 0.15) is 6.61 Å². The van der Waals surface area contributed by atoms with Gasteiger partial charge in [-0.05, 0) is 29.9 Å². The first-order chi connectivity index (χ1) is 12.7. The Kier molecular flexibility index (Phi) is 5.84. The van der Waals surface area contributed by atoms with Gasteiger partial charge in [0.05, 0.1) is 6.04 Å². The zero-order valence-corrected chi connectivity index (χ0v) is 14.7. The summed E-state index contributed by atoms with van der Waals surface area (Å²) >= 11 is 0. The summed E-state index contributed by atoms with van der Waals surface area (Å²) in [6, 6.07) is 19.5. The maximum absolute atomic E-state index is 12.9. The van der Waals surface area contributed by atoms with Crippen LogP contribution >= 0.6 is 0 Å². The van der Waals surface area contributed by atoms with Crippen LogP contribution in [0.25, 0.3) is 0 Å². The number of hydrogen-bond donors (Lipinski definition) is 0. The Labute approximate surface area is 154 Å². The first-order valence-corrected chi connectivity index (χ1v) is 8.87. The zero-order chi connectivity index (χ0) is 18.4. The van der Waals surface area contributed by atoms with Gasteiger partial charge < -0.3 is 4.74 Å². The number of allylic oxidation sites excluding steroid dienone is 1. The molecule has 2 atom stereocenters. The molecule has 2 amide bonds. The lowest BCUT2D eigenvalue weighted by molar-refractivity contribution is -0.129. The van der Waals surface area contributed by atoms with Crippen LogP contribution in [0.2, 0.25) is 0 Å². The standard InChI is InChI=1S/C22H23NO3/c1-2-9-19(18-12-7-4-8-13-18)15-21(24)23-20(16-26-22(23)25)14-17-10-5-3-6-11-17/h2-8,10-13,19-20H,1,9,14-16H2/t19-,20-/m0/s1. The van der Waals surface area contributed by atoms with Crippen LogP contribution in [-0.4, -0.2) is 29.5 Å². The fourth-order valence-electron chi connectivity index (χ4n) is 3.38. The number of hydrogen-bond acceptors (Lipinski definition) is 3. The van der Waals surface area contributed by atoms with Gasteiger partial charge in [0, 0.05) is 6.42 Å². The monoisotopic (exact) mass is 349 g/mol. The topological polar surface area (TPSA) is 46.6 Å². The quantitative estimate of drug-likeness (QED) is 0.699. The SMILES string of the molecule is C=CC[C@@H](CC(=O)N1C(=O)OC[C@@H]1Cc1ccccc1)c1ccccc1. The molecule has 2 aromatic carbocycles. The van der Waals surface area contributed by atoms with Crippen LogP contribution < -0.4 is 0 Å². The zero-order valence-electron chi connectivity index (χ0n) is 14.7. The van der Waals surface area contributed by atoms with E-state index in [-0.39, 0.29) is 30.9 Å². The number of benzene rings is 2. The summed E-state index contributed by atoms with van der Waals surface area (Å²) in [7, 11) is 0. The molecule has 0 aromatic heterocycles. The maximum atomic E-state index is 12.9. The van der Waals surface area contributed by atoms with Gasteiger partial charge in [-0.25, -0.2) is 9.69 Å². The first kappa shape index (κ1) is 17.9. The highest BCUT2D eigenvalue weighted by atomic mass is 16.6. The van der Waals surface area contributed by atoms with E-state index in [9.17, 15) is 9.59 Å². The van der Waals surface area contributed by atoms with Gasteiger partial charge in [0.2, 0.25) is 5.91 Å². The summed E-state index contributed by atoms with van der Waals surface area (Å²) in [5.41, 5.74) is 2.16. The van der Waals surface area contributed by atoms with E-state index in [4.69, 9.17) is 4.74 Å². The molecule has 1 heterocycles. The van der Waals surface area contributed by atoms with E-state index in [0.29, 0.717) is 12.8 Å². The maximum Gasteiger partial charge on any atom is 0.416 e. The number of nitrogens with zero attached hydrogens (tertiary/aromatic N) is 1. The van der Waals surface area contributed by atoms with Crippen molar-refractivity contribution in [1.29, 1.82) is 0 Å². The summed E-state index contributed by atoms with van der Waals surface area (Å²) in [6.07, 6.45) is 2.82. The molecule has 3 rings (SSSR count). The van der Waals surface area contributed by atoms with E-state index in [1.165, 1.54) is 4.90 Å². The van der Waals surface area contributed by atoms with E-state index >= 15 is 0 Å². The van der Waals surface area contributed by atoms with Crippen LogP contribution in [0.4, 0.5) is 4.79 Å². The number of ether oxygens (including phenoxy) is 1. The molecule has 4 nitrogen and oxygen atoms in total. The molecule has 0 N–H and O–H groups in total. The average molecular weight is 349 g/mol. The Hall–Kier alpha value is -2.88. The minimum atomic E-state index is -0.540. The van der Waals surface area contributed by atoms with Crippen LogP contribution in [0, 0.1) is 0 Å². The predicted octanol–water partition coefficient (Wildman–Crippen LogP) is 4.33. The van der Waals surface area contributed by atoms with E-state index in [2.05, 4.69) is 6.58 Å². The first-order valence-electron chi connectivity index (χ1n) is 8.87. The predicted molar refractivity (Wildman–Crippen MR) is 101 cm³/mol. The number of carbonyl (C=O) groups is 2.